The van der Waals surface area contributed by atoms with Crippen LogP contribution in [-0.4, -0.2) is 34.2 Å². The number of rotatable bonds is 4. The van der Waals surface area contributed by atoms with E-state index in [-0.39, 0.29) is 5.82 Å². The van der Waals surface area contributed by atoms with Gasteiger partial charge in [0.2, 0.25) is 0 Å². The molecule has 124 valence electrons. The van der Waals surface area contributed by atoms with Crippen LogP contribution in [0.3, 0.4) is 0 Å². The van der Waals surface area contributed by atoms with Crippen LogP contribution in [0.1, 0.15) is 29.7 Å². The molecule has 2 aromatic rings. The highest BCUT2D eigenvalue weighted by atomic mass is 19.1. The van der Waals surface area contributed by atoms with Gasteiger partial charge in [0.25, 0.3) is 0 Å². The number of hydrogen-bond donors (Lipinski definition) is 1. The van der Waals surface area contributed by atoms with Crippen molar-refractivity contribution in [1.82, 2.24) is 15.1 Å². The Hall–Kier alpha value is -2.52. The van der Waals surface area contributed by atoms with Gasteiger partial charge in [0.05, 0.1) is 0 Å². The lowest BCUT2D eigenvalue weighted by atomic mass is 10.0. The summed E-state index contributed by atoms with van der Waals surface area (Å²) < 4.78 is 13.3. The lowest BCUT2D eigenvalue weighted by molar-refractivity contribution is 0.211. The average Bonchev–Trinajstić information content (AvgIpc) is 2.57. The standard InChI is InChI=1S/C18H20FN5/c1-13-9-18(23-22-17(13)11-20)21-16-5-7-24(8-6-16)12-14-3-2-4-15(19)10-14/h2-4,9-10,16H,5-8,12H2,1H3,(H,21,23). The number of nitrogens with zero attached hydrogens (tertiary/aromatic N) is 4. The molecule has 0 radical (unpaired) electrons. The fourth-order valence-corrected chi connectivity index (χ4v) is 3.00. The number of aromatic nitrogens is 2. The van der Waals surface area contributed by atoms with Crippen LogP contribution in [0.15, 0.2) is 30.3 Å². The minimum Gasteiger partial charge on any atom is -0.366 e. The molecule has 0 saturated carbocycles. The Bertz CT molecular complexity index is 747. The number of halogens is 1. The van der Waals surface area contributed by atoms with Gasteiger partial charge in [-0.1, -0.05) is 12.1 Å². The molecular formula is C18H20FN5. The van der Waals surface area contributed by atoms with Crippen LogP contribution in [0.25, 0.3) is 0 Å². The van der Waals surface area contributed by atoms with Crippen LogP contribution in [0.4, 0.5) is 10.2 Å². The zero-order valence-corrected chi connectivity index (χ0v) is 13.7. The molecule has 0 unspecified atom stereocenters. The Balaban J connectivity index is 1.52. The van der Waals surface area contributed by atoms with Crippen LogP contribution in [0.5, 0.6) is 0 Å². The summed E-state index contributed by atoms with van der Waals surface area (Å²) in [5.41, 5.74) is 2.21. The van der Waals surface area contributed by atoms with Crippen molar-refractivity contribution < 1.29 is 4.39 Å². The molecule has 1 aromatic carbocycles. The van der Waals surface area contributed by atoms with E-state index in [1.807, 2.05) is 25.1 Å². The third-order valence-corrected chi connectivity index (χ3v) is 4.33. The van der Waals surface area contributed by atoms with Crippen molar-refractivity contribution in [2.24, 2.45) is 0 Å². The predicted octanol–water partition coefficient (Wildman–Crippen LogP) is 2.87. The molecule has 24 heavy (non-hydrogen) atoms. The van der Waals surface area contributed by atoms with E-state index >= 15 is 0 Å². The molecule has 0 aliphatic carbocycles. The third-order valence-electron chi connectivity index (χ3n) is 4.33. The summed E-state index contributed by atoms with van der Waals surface area (Å²) in [7, 11) is 0. The molecule has 0 atom stereocenters. The fraction of sp³-hybridized carbons (Fsp3) is 0.389. The van der Waals surface area contributed by atoms with Crippen molar-refractivity contribution in [2.75, 3.05) is 18.4 Å². The van der Waals surface area contributed by atoms with Crippen molar-refractivity contribution in [2.45, 2.75) is 32.4 Å². The Morgan fingerprint density at radius 2 is 2.08 bits per heavy atom. The smallest absolute Gasteiger partial charge is 0.166 e. The molecule has 1 aromatic heterocycles. The fourth-order valence-electron chi connectivity index (χ4n) is 3.00. The number of likely N-dealkylation sites (tertiary alicyclic amines) is 1. The molecular weight excluding hydrogens is 305 g/mol. The van der Waals surface area contributed by atoms with Gasteiger partial charge in [-0.25, -0.2) is 4.39 Å². The zero-order valence-electron chi connectivity index (χ0n) is 13.7. The minimum absolute atomic E-state index is 0.182. The molecule has 1 aliphatic heterocycles. The summed E-state index contributed by atoms with van der Waals surface area (Å²) in [5.74, 6) is 0.536. The van der Waals surface area contributed by atoms with Crippen molar-refractivity contribution in [1.29, 1.82) is 5.26 Å². The number of nitrogens with one attached hydrogen (secondary N) is 1. The molecule has 1 N–H and O–H groups in total. The van der Waals surface area contributed by atoms with Crippen molar-refractivity contribution >= 4 is 5.82 Å². The van der Waals surface area contributed by atoms with Gasteiger partial charge in [-0.15, -0.1) is 10.2 Å². The van der Waals surface area contributed by atoms with E-state index < -0.39 is 0 Å². The maximum Gasteiger partial charge on any atom is 0.166 e. The van der Waals surface area contributed by atoms with Gasteiger partial charge in [0.15, 0.2) is 5.69 Å². The molecule has 0 amide bonds. The van der Waals surface area contributed by atoms with Crippen LogP contribution >= 0.6 is 0 Å². The van der Waals surface area contributed by atoms with E-state index in [4.69, 9.17) is 5.26 Å². The molecule has 1 aliphatic rings. The quantitative estimate of drug-likeness (QED) is 0.936. The van der Waals surface area contributed by atoms with Gasteiger partial charge in [0.1, 0.15) is 17.7 Å². The first-order chi connectivity index (χ1) is 11.6. The second-order valence-corrected chi connectivity index (χ2v) is 6.20. The van der Waals surface area contributed by atoms with Gasteiger partial charge in [0, 0.05) is 25.7 Å². The molecule has 3 rings (SSSR count). The van der Waals surface area contributed by atoms with Crippen molar-refractivity contribution in [3.05, 3.63) is 53.0 Å². The predicted molar refractivity (Wildman–Crippen MR) is 89.8 cm³/mol. The Morgan fingerprint density at radius 1 is 1.29 bits per heavy atom. The molecule has 5 nitrogen and oxygen atoms in total. The number of benzene rings is 1. The van der Waals surface area contributed by atoms with Gasteiger partial charge >= 0.3 is 0 Å². The monoisotopic (exact) mass is 325 g/mol. The van der Waals surface area contributed by atoms with E-state index in [1.54, 1.807) is 12.1 Å². The third kappa shape index (κ3) is 4.06. The normalized spacial score (nSPS) is 15.9. The highest BCUT2D eigenvalue weighted by Crippen LogP contribution is 2.18. The summed E-state index contributed by atoms with van der Waals surface area (Å²) in [6.45, 7) is 4.55. The maximum absolute atomic E-state index is 13.3. The topological polar surface area (TPSA) is 64.8 Å². The van der Waals surface area contributed by atoms with E-state index in [2.05, 4.69) is 20.4 Å². The number of nitriles is 1. The van der Waals surface area contributed by atoms with Gasteiger partial charge < -0.3 is 5.32 Å². The Kier molecular flexibility index (Phi) is 5.02. The maximum atomic E-state index is 13.3. The zero-order chi connectivity index (χ0) is 16.9. The van der Waals surface area contributed by atoms with Crippen LogP contribution in [0.2, 0.25) is 0 Å². The lowest BCUT2D eigenvalue weighted by Crippen LogP contribution is -2.38. The Labute approximate surface area is 141 Å². The van der Waals surface area contributed by atoms with Crippen LogP contribution in [0, 0.1) is 24.1 Å². The summed E-state index contributed by atoms with van der Waals surface area (Å²) >= 11 is 0. The summed E-state index contributed by atoms with van der Waals surface area (Å²) in [6, 6.07) is 11.0. The molecule has 2 heterocycles. The minimum atomic E-state index is -0.182. The van der Waals surface area contributed by atoms with Crippen molar-refractivity contribution in [3.8, 4) is 6.07 Å². The highest BCUT2D eigenvalue weighted by Gasteiger charge is 2.20. The first-order valence-electron chi connectivity index (χ1n) is 8.12. The van der Waals surface area contributed by atoms with E-state index in [0.717, 1.165) is 49.4 Å². The summed E-state index contributed by atoms with van der Waals surface area (Å²) in [4.78, 5) is 2.34. The molecule has 6 heteroatoms. The Morgan fingerprint density at radius 3 is 2.75 bits per heavy atom. The molecule has 1 fully saturated rings. The molecule has 0 bridgehead atoms. The first-order valence-corrected chi connectivity index (χ1v) is 8.12. The average molecular weight is 325 g/mol. The highest BCUT2D eigenvalue weighted by molar-refractivity contribution is 5.41. The van der Waals surface area contributed by atoms with E-state index in [0.29, 0.717) is 11.7 Å². The largest absolute Gasteiger partial charge is 0.366 e. The SMILES string of the molecule is Cc1cc(NC2CCN(Cc3cccc(F)c3)CC2)nnc1C#N. The molecule has 0 spiro atoms. The molecule has 1 saturated heterocycles. The summed E-state index contributed by atoms with van der Waals surface area (Å²) in [6.07, 6.45) is 1.99. The second-order valence-electron chi connectivity index (χ2n) is 6.20. The van der Waals surface area contributed by atoms with Crippen molar-refractivity contribution in [3.63, 3.8) is 0 Å². The lowest BCUT2D eigenvalue weighted by Gasteiger charge is -2.32. The van der Waals surface area contributed by atoms with E-state index in [9.17, 15) is 4.39 Å². The summed E-state index contributed by atoms with van der Waals surface area (Å²) in [5, 5.41) is 20.3. The first kappa shape index (κ1) is 16.3. The van der Waals surface area contributed by atoms with Gasteiger partial charge in [-0.2, -0.15) is 5.26 Å². The number of hydrogen-bond acceptors (Lipinski definition) is 5. The second kappa shape index (κ2) is 7.37. The van der Waals surface area contributed by atoms with Gasteiger partial charge in [-0.3, -0.25) is 4.90 Å². The number of anilines is 1. The van der Waals surface area contributed by atoms with Crippen LogP contribution < -0.4 is 5.32 Å². The number of piperidine rings is 1. The number of aryl methyl sites for hydroxylation is 1. The van der Waals surface area contributed by atoms with Crippen LogP contribution in [-0.2, 0) is 6.54 Å². The van der Waals surface area contributed by atoms with Gasteiger partial charge in [-0.05, 0) is 49.1 Å². The van der Waals surface area contributed by atoms with E-state index in [1.165, 1.54) is 6.07 Å².